The number of nitrogens with one attached hydrogen (secondary N) is 1. The molecule has 2 aromatic carbocycles. The maximum atomic E-state index is 12.2. The lowest BCUT2D eigenvalue weighted by atomic mass is 10.2. The Bertz CT molecular complexity index is 1060. The summed E-state index contributed by atoms with van der Waals surface area (Å²) >= 11 is 0. The Hall–Kier alpha value is -3.18. The van der Waals surface area contributed by atoms with Crippen molar-refractivity contribution in [3.05, 3.63) is 52.6 Å². The van der Waals surface area contributed by atoms with E-state index in [0.717, 1.165) is 6.26 Å². The fourth-order valence-corrected chi connectivity index (χ4v) is 3.49. The lowest BCUT2D eigenvalue weighted by Gasteiger charge is -2.16. The molecule has 0 spiro atoms. The van der Waals surface area contributed by atoms with Crippen LogP contribution in [-0.4, -0.2) is 64.3 Å². The van der Waals surface area contributed by atoms with Crippen LogP contribution in [0, 0.1) is 10.1 Å². The predicted molar refractivity (Wildman–Crippen MR) is 120 cm³/mol. The third-order valence-corrected chi connectivity index (χ3v) is 5.69. The minimum atomic E-state index is -3.29. The lowest BCUT2D eigenvalue weighted by Crippen LogP contribution is -2.26. The van der Waals surface area contributed by atoms with Crippen molar-refractivity contribution in [3.63, 3.8) is 0 Å². The first kappa shape index (κ1) is 25.1. The average molecular weight is 466 g/mol. The Labute approximate surface area is 187 Å². The molecular formula is C21H27N3O7S. The number of methoxy groups -OCH3 is 1. The Balaban J connectivity index is 1.75. The van der Waals surface area contributed by atoms with Crippen molar-refractivity contribution < 1.29 is 27.6 Å². The molecule has 0 aliphatic heterocycles. The number of rotatable bonds is 12. The van der Waals surface area contributed by atoms with Gasteiger partial charge in [0.25, 0.3) is 5.69 Å². The third kappa shape index (κ3) is 7.82. The molecule has 2 aromatic rings. The second-order valence-electron chi connectivity index (χ2n) is 7.19. The summed E-state index contributed by atoms with van der Waals surface area (Å²) < 4.78 is 33.8. The van der Waals surface area contributed by atoms with Crippen LogP contribution in [0.15, 0.2) is 47.4 Å². The Morgan fingerprint density at radius 1 is 1.16 bits per heavy atom. The number of sulfone groups is 1. The summed E-state index contributed by atoms with van der Waals surface area (Å²) in [7, 11) is -0.0261. The zero-order valence-corrected chi connectivity index (χ0v) is 19.1. The zero-order chi connectivity index (χ0) is 23.7. The van der Waals surface area contributed by atoms with Gasteiger partial charge in [-0.2, -0.15) is 0 Å². The van der Waals surface area contributed by atoms with Gasteiger partial charge in [-0.25, -0.2) is 8.42 Å². The number of benzene rings is 2. The molecule has 0 saturated heterocycles. The summed E-state index contributed by atoms with van der Waals surface area (Å²) in [4.78, 5) is 25.0. The van der Waals surface area contributed by atoms with Gasteiger partial charge in [0, 0.05) is 25.8 Å². The van der Waals surface area contributed by atoms with Crippen molar-refractivity contribution in [2.45, 2.75) is 17.7 Å². The number of hydrogen-bond donors (Lipinski definition) is 1. The van der Waals surface area contributed by atoms with E-state index in [4.69, 9.17) is 9.47 Å². The van der Waals surface area contributed by atoms with E-state index in [1.54, 1.807) is 18.2 Å². The van der Waals surface area contributed by atoms with Gasteiger partial charge in [-0.05, 0) is 43.8 Å². The van der Waals surface area contributed by atoms with Gasteiger partial charge < -0.3 is 19.7 Å². The number of carbonyl (C=O) groups is 1. The number of nitro groups is 1. The molecule has 174 valence electrons. The molecular weight excluding hydrogens is 438 g/mol. The maximum absolute atomic E-state index is 12.2. The van der Waals surface area contributed by atoms with Gasteiger partial charge in [0.05, 0.1) is 29.6 Å². The number of amides is 1. The summed E-state index contributed by atoms with van der Waals surface area (Å²) in [5.41, 5.74) is -0.115. The highest BCUT2D eigenvalue weighted by atomic mass is 32.2. The van der Waals surface area contributed by atoms with Crippen molar-refractivity contribution in [2.24, 2.45) is 0 Å². The maximum Gasteiger partial charge on any atom is 0.296 e. The topological polar surface area (TPSA) is 128 Å². The van der Waals surface area contributed by atoms with Crippen molar-refractivity contribution in [1.82, 2.24) is 4.90 Å². The molecule has 32 heavy (non-hydrogen) atoms. The van der Waals surface area contributed by atoms with Crippen LogP contribution < -0.4 is 14.8 Å². The van der Waals surface area contributed by atoms with Crippen LogP contribution in [0.5, 0.6) is 11.5 Å². The molecule has 0 radical (unpaired) electrons. The van der Waals surface area contributed by atoms with Crippen molar-refractivity contribution >= 4 is 27.1 Å². The van der Waals surface area contributed by atoms with Crippen LogP contribution in [0.2, 0.25) is 0 Å². The fourth-order valence-electron chi connectivity index (χ4n) is 2.83. The number of ether oxygens (including phenoxy) is 2. The average Bonchev–Trinajstić information content (AvgIpc) is 2.75. The monoisotopic (exact) mass is 465 g/mol. The molecule has 1 N–H and O–H groups in total. The number of hydrogen-bond acceptors (Lipinski definition) is 8. The quantitative estimate of drug-likeness (QED) is 0.288. The van der Waals surface area contributed by atoms with Crippen LogP contribution in [0.4, 0.5) is 11.4 Å². The summed E-state index contributed by atoms with van der Waals surface area (Å²) in [6.45, 7) is 1.50. The molecule has 2 rings (SSSR count). The van der Waals surface area contributed by atoms with E-state index in [9.17, 15) is 23.3 Å². The first-order valence-corrected chi connectivity index (χ1v) is 11.7. The number of anilines is 1. The molecule has 0 bridgehead atoms. The predicted octanol–water partition coefficient (Wildman–Crippen LogP) is 2.74. The molecule has 0 fully saturated rings. The first-order valence-electron chi connectivity index (χ1n) is 9.84. The number of nitro benzene ring substituents is 1. The van der Waals surface area contributed by atoms with E-state index >= 15 is 0 Å². The van der Waals surface area contributed by atoms with Crippen molar-refractivity contribution in [3.8, 4) is 11.5 Å². The van der Waals surface area contributed by atoms with Crippen molar-refractivity contribution in [2.75, 3.05) is 45.4 Å². The Kier molecular flexibility index (Phi) is 8.97. The summed E-state index contributed by atoms with van der Waals surface area (Å²) in [6.07, 6.45) is 1.98. The van der Waals surface area contributed by atoms with Crippen molar-refractivity contribution in [1.29, 1.82) is 0 Å². The highest BCUT2D eigenvalue weighted by molar-refractivity contribution is 7.90. The number of nitrogens with zero attached hydrogens (tertiary/aromatic N) is 2. The Morgan fingerprint density at radius 2 is 1.91 bits per heavy atom. The van der Waals surface area contributed by atoms with Gasteiger partial charge in [0.2, 0.25) is 5.91 Å². The van der Waals surface area contributed by atoms with Crippen LogP contribution in [0.25, 0.3) is 0 Å². The minimum absolute atomic E-state index is 0.119. The highest BCUT2D eigenvalue weighted by Gasteiger charge is 2.17. The molecule has 1 amide bonds. The fraction of sp³-hybridized carbons (Fsp3) is 0.381. The standard InChI is InChI=1S/C21H27N3O7S/c1-23(11-5-13-31-17-6-4-7-18(14-17)32(3,28)29)12-10-21(25)22-19-9-8-16(30-2)15-20(19)24(26)27/h4,6-9,14-15H,5,10-13H2,1-3H3,(H,22,25). The highest BCUT2D eigenvalue weighted by Crippen LogP contribution is 2.29. The van der Waals surface area contributed by atoms with Gasteiger partial charge in [0.15, 0.2) is 9.84 Å². The van der Waals surface area contributed by atoms with Gasteiger partial charge in [-0.3, -0.25) is 14.9 Å². The van der Waals surface area contributed by atoms with Gasteiger partial charge >= 0.3 is 0 Å². The van der Waals surface area contributed by atoms with E-state index in [2.05, 4.69) is 5.32 Å². The smallest absolute Gasteiger partial charge is 0.296 e. The van der Waals surface area contributed by atoms with E-state index in [1.807, 2.05) is 11.9 Å². The summed E-state index contributed by atoms with van der Waals surface area (Å²) in [5.74, 6) is 0.481. The zero-order valence-electron chi connectivity index (χ0n) is 18.2. The van der Waals surface area contributed by atoms with E-state index < -0.39 is 14.8 Å². The largest absolute Gasteiger partial charge is 0.496 e. The third-order valence-electron chi connectivity index (χ3n) is 4.58. The van der Waals surface area contributed by atoms with Crippen LogP contribution >= 0.6 is 0 Å². The SMILES string of the molecule is COc1ccc(NC(=O)CCN(C)CCCOc2cccc(S(C)(=O)=O)c2)c([N+](=O)[O-])c1. The second-order valence-corrected chi connectivity index (χ2v) is 9.21. The van der Waals surface area contributed by atoms with E-state index in [1.165, 1.54) is 31.4 Å². The van der Waals surface area contributed by atoms with Crippen LogP contribution in [0.3, 0.4) is 0 Å². The minimum Gasteiger partial charge on any atom is -0.496 e. The molecule has 0 saturated carbocycles. The number of carbonyl (C=O) groups excluding carboxylic acids is 1. The Morgan fingerprint density at radius 3 is 2.56 bits per heavy atom. The van der Waals surface area contributed by atoms with Gasteiger partial charge in [-0.1, -0.05) is 6.07 Å². The molecule has 10 nitrogen and oxygen atoms in total. The molecule has 0 atom stereocenters. The van der Waals surface area contributed by atoms with E-state index in [-0.39, 0.29) is 28.6 Å². The van der Waals surface area contributed by atoms with Crippen LogP contribution in [-0.2, 0) is 14.6 Å². The first-order chi connectivity index (χ1) is 15.1. The molecule has 0 unspecified atom stereocenters. The summed E-state index contributed by atoms with van der Waals surface area (Å²) in [5, 5.41) is 13.8. The van der Waals surface area contributed by atoms with Gasteiger partial charge in [0.1, 0.15) is 17.2 Å². The lowest BCUT2D eigenvalue weighted by molar-refractivity contribution is -0.384. The van der Waals surface area contributed by atoms with E-state index in [0.29, 0.717) is 37.6 Å². The van der Waals surface area contributed by atoms with Gasteiger partial charge in [-0.15, -0.1) is 0 Å². The molecule has 0 aromatic heterocycles. The molecule has 11 heteroatoms. The molecule has 0 heterocycles. The summed E-state index contributed by atoms with van der Waals surface area (Å²) in [6, 6.07) is 10.6. The molecule has 0 aliphatic carbocycles. The molecule has 0 aliphatic rings. The van der Waals surface area contributed by atoms with Crippen LogP contribution in [0.1, 0.15) is 12.8 Å². The normalized spacial score (nSPS) is 11.2. The second kappa shape index (κ2) is 11.4.